The van der Waals surface area contributed by atoms with Gasteiger partial charge in [-0.05, 0) is 66.6 Å². The molecule has 4 aromatic rings. The fourth-order valence-corrected chi connectivity index (χ4v) is 10.2. The summed E-state index contributed by atoms with van der Waals surface area (Å²) in [7, 11) is 2.38. The highest BCUT2D eigenvalue weighted by Crippen LogP contribution is 2.46. The predicted molar refractivity (Wildman–Crippen MR) is 269 cm³/mol. The molecule has 4 aliphatic rings. The number of aromatic nitrogens is 2. The number of benzene rings is 2. The standard InChI is InChI=1S/C54H56FN5O19/c1-9-16-72-17-15-41(65)59(7)22-40(64)56-36-18-29(11-14-39(36)78-51-48(77-28(6)63)46(76-27(5)62)45(75-26(4)61)47(79-51)50(67)71-8)23-74-53(69)58-35-13-12-30-25(3)34(55)20-37-42(30)43(35)31-21-60-38(44(31)57-37)19-33-32(49(60)66)24-73-52(68)54(33,70)10-2/h1,11,14,18-20,35,45-48,51,70H,10,12-13,15-17,21-24H2,2-8H3,(H,56,64)(H,58,69)/t35-,45+,46?,47?,48?,51+,54-/m0/s1. The number of halogens is 1. The Labute approximate surface area is 450 Å². The molecule has 3 amide bonds. The van der Waals surface area contributed by atoms with E-state index in [1.807, 2.05) is 0 Å². The highest BCUT2D eigenvalue weighted by molar-refractivity contribution is 5.96. The van der Waals surface area contributed by atoms with Gasteiger partial charge in [0.2, 0.25) is 24.2 Å². The number of amides is 3. The zero-order valence-electron chi connectivity index (χ0n) is 44.0. The number of carbonyl (C=O) groups excluding carboxylic acids is 8. The van der Waals surface area contributed by atoms with Gasteiger partial charge in [0.15, 0.2) is 23.9 Å². The number of carbonyl (C=O) groups is 8. The molecule has 25 heteroatoms. The number of likely N-dealkylation sites (N-methyl/N-ethyl adjacent to an activating group) is 1. The van der Waals surface area contributed by atoms with Crippen molar-refractivity contribution in [2.45, 2.75) is 122 Å². The average molecular weight is 1100 g/mol. The Morgan fingerprint density at radius 2 is 1.70 bits per heavy atom. The minimum Gasteiger partial charge on any atom is -0.467 e. The number of alkyl carbamates (subject to hydrolysis) is 1. The Kier molecular flexibility index (Phi) is 16.7. The molecule has 0 spiro atoms. The number of hydrogen-bond donors (Lipinski definition) is 3. The van der Waals surface area contributed by atoms with E-state index in [9.17, 15) is 48.3 Å². The number of hydrogen-bond acceptors (Lipinski definition) is 20. The predicted octanol–water partition coefficient (Wildman–Crippen LogP) is 2.95. The molecular weight excluding hydrogens is 1040 g/mol. The maximum atomic E-state index is 15.6. The van der Waals surface area contributed by atoms with Gasteiger partial charge < -0.3 is 67.8 Å². The Morgan fingerprint density at radius 3 is 2.38 bits per heavy atom. The lowest BCUT2D eigenvalue weighted by Gasteiger charge is -2.43. The van der Waals surface area contributed by atoms with Gasteiger partial charge in [-0.2, -0.15) is 0 Å². The number of terminal acetylenes is 1. The second kappa shape index (κ2) is 23.2. The van der Waals surface area contributed by atoms with E-state index in [0.717, 1.165) is 32.8 Å². The molecule has 2 aromatic carbocycles. The van der Waals surface area contributed by atoms with Crippen molar-refractivity contribution in [1.82, 2.24) is 19.8 Å². The van der Waals surface area contributed by atoms with Crippen LogP contribution in [-0.4, -0.2) is 132 Å². The van der Waals surface area contributed by atoms with Crippen LogP contribution >= 0.6 is 0 Å². The topological polar surface area (TPSA) is 302 Å². The average Bonchev–Trinajstić information content (AvgIpc) is 4.02. The number of pyridine rings is 2. The number of esters is 5. The smallest absolute Gasteiger partial charge is 0.407 e. The second-order valence-electron chi connectivity index (χ2n) is 19.0. The number of anilines is 1. The van der Waals surface area contributed by atoms with Crippen LogP contribution in [0.2, 0.25) is 0 Å². The normalized spacial score (nSPS) is 21.4. The molecule has 2 aromatic heterocycles. The zero-order valence-corrected chi connectivity index (χ0v) is 44.0. The fraction of sp³-hybridized carbons (Fsp3) is 0.444. The Bertz CT molecular complexity index is 3300. The van der Waals surface area contributed by atoms with Crippen molar-refractivity contribution in [1.29, 1.82) is 0 Å². The van der Waals surface area contributed by atoms with Crippen molar-refractivity contribution in [3.05, 3.63) is 85.4 Å². The van der Waals surface area contributed by atoms with E-state index in [2.05, 4.69) is 16.6 Å². The number of fused-ring (bicyclic) bond motifs is 5. The van der Waals surface area contributed by atoms with Gasteiger partial charge in [-0.25, -0.2) is 23.8 Å². The van der Waals surface area contributed by atoms with Crippen molar-refractivity contribution in [2.24, 2.45) is 0 Å². The molecule has 1 saturated heterocycles. The lowest BCUT2D eigenvalue weighted by Crippen LogP contribution is -2.64. The molecule has 0 bridgehead atoms. The first-order valence-electron chi connectivity index (χ1n) is 24.9. The molecule has 3 unspecified atom stereocenters. The zero-order chi connectivity index (χ0) is 57.2. The second-order valence-corrected chi connectivity index (χ2v) is 19.0. The minimum atomic E-state index is -2.10. The largest absolute Gasteiger partial charge is 0.467 e. The van der Waals surface area contributed by atoms with Gasteiger partial charge in [0.25, 0.3) is 5.56 Å². The summed E-state index contributed by atoms with van der Waals surface area (Å²) in [5.41, 5.74) is 0.680. The summed E-state index contributed by atoms with van der Waals surface area (Å²) < 4.78 is 66.6. The van der Waals surface area contributed by atoms with Gasteiger partial charge in [0.05, 0.1) is 67.4 Å². The first-order valence-corrected chi connectivity index (χ1v) is 24.9. The molecule has 7 atom stereocenters. The van der Waals surface area contributed by atoms with E-state index in [-0.39, 0.29) is 85.0 Å². The maximum Gasteiger partial charge on any atom is 0.407 e. The number of nitrogens with one attached hydrogen (secondary N) is 2. The molecular formula is C54H56FN5O19. The van der Waals surface area contributed by atoms with Gasteiger partial charge in [0.1, 0.15) is 31.4 Å². The summed E-state index contributed by atoms with van der Waals surface area (Å²) in [5, 5.41) is 17.6. The molecule has 79 heavy (non-hydrogen) atoms. The number of rotatable bonds is 17. The van der Waals surface area contributed by atoms with Gasteiger partial charge in [-0.1, -0.05) is 18.9 Å². The summed E-state index contributed by atoms with van der Waals surface area (Å²) in [6.45, 7) is 4.90. The number of ether oxygens (including phenoxy) is 9. The fourth-order valence-electron chi connectivity index (χ4n) is 10.2. The molecule has 0 saturated carbocycles. The number of aryl methyl sites for hydroxylation is 1. The van der Waals surface area contributed by atoms with Crippen LogP contribution < -0.4 is 20.9 Å². The van der Waals surface area contributed by atoms with Crippen LogP contribution in [0.15, 0.2) is 35.1 Å². The highest BCUT2D eigenvalue weighted by Gasteiger charge is 2.56. The summed E-state index contributed by atoms with van der Waals surface area (Å²) in [6, 6.07) is 6.12. The Balaban J connectivity index is 1.10. The summed E-state index contributed by atoms with van der Waals surface area (Å²) in [5.74, 6) is -4.49. The molecule has 0 radical (unpaired) electrons. The molecule has 418 valence electrons. The van der Waals surface area contributed by atoms with Crippen LogP contribution in [0.1, 0.15) is 91.9 Å². The number of nitrogens with zero attached hydrogens (tertiary/aromatic N) is 3. The van der Waals surface area contributed by atoms with E-state index in [1.165, 1.54) is 41.9 Å². The van der Waals surface area contributed by atoms with Crippen molar-refractivity contribution in [3.8, 4) is 29.5 Å². The number of methoxy groups -OCH3 is 1. The third-order valence-electron chi connectivity index (χ3n) is 13.9. The van der Waals surface area contributed by atoms with Gasteiger partial charge in [-0.15, -0.1) is 6.42 Å². The lowest BCUT2D eigenvalue weighted by molar-refractivity contribution is -0.282. The molecule has 24 nitrogen and oxygen atoms in total. The van der Waals surface area contributed by atoms with E-state index in [0.29, 0.717) is 39.8 Å². The van der Waals surface area contributed by atoms with Gasteiger partial charge in [-0.3, -0.25) is 28.8 Å². The van der Waals surface area contributed by atoms with E-state index >= 15 is 4.39 Å². The van der Waals surface area contributed by atoms with Gasteiger partial charge >= 0.3 is 35.9 Å². The summed E-state index contributed by atoms with van der Waals surface area (Å²) >= 11 is 0. The number of aliphatic hydroxyl groups is 1. The summed E-state index contributed by atoms with van der Waals surface area (Å²) in [4.78, 5) is 124. The van der Waals surface area contributed by atoms with Crippen molar-refractivity contribution >= 4 is 64.3 Å². The maximum absolute atomic E-state index is 15.6. The van der Waals surface area contributed by atoms with Crippen LogP contribution in [0.3, 0.4) is 0 Å². The SMILES string of the molecule is C#CCOCCC(=O)N(C)CC(=O)Nc1cc(COC(=O)N[C@H]2CCc3c(C)c(F)cc4nc5c(c2c34)Cn2c-5cc3c(c2=O)COC(=O)[C@]3(O)CC)ccc1O[C@@H]1OC(C(=O)OC)[C@H](OC(C)=O)C(OC(C)=O)C1OC(C)=O. The highest BCUT2D eigenvalue weighted by atomic mass is 19.1. The van der Waals surface area contributed by atoms with Crippen LogP contribution in [0.5, 0.6) is 5.75 Å². The third-order valence-corrected chi connectivity index (χ3v) is 13.9. The molecule has 8 rings (SSSR count). The van der Waals surface area contributed by atoms with Crippen LogP contribution in [0, 0.1) is 25.1 Å². The van der Waals surface area contributed by atoms with E-state index in [1.54, 1.807) is 13.8 Å². The van der Waals surface area contributed by atoms with Crippen LogP contribution in [-0.2, 0) is 103 Å². The number of cyclic esters (lactones) is 1. The van der Waals surface area contributed by atoms with Crippen LogP contribution in [0.25, 0.3) is 22.3 Å². The molecule has 3 N–H and O–H groups in total. The van der Waals surface area contributed by atoms with Gasteiger partial charge in [0, 0.05) is 50.4 Å². The quantitative estimate of drug-likeness (QED) is 0.0522. The Hall–Kier alpha value is -8.47. The molecule has 1 aliphatic carbocycles. The van der Waals surface area contributed by atoms with Crippen molar-refractivity contribution in [2.75, 3.05) is 39.2 Å². The van der Waals surface area contributed by atoms with E-state index < -0.39 is 115 Å². The molecule has 3 aliphatic heterocycles. The minimum absolute atomic E-state index is 0.0154. The molecule has 1 fully saturated rings. The first kappa shape index (κ1) is 56.7. The van der Waals surface area contributed by atoms with Crippen LogP contribution in [0.4, 0.5) is 14.9 Å². The van der Waals surface area contributed by atoms with Crippen molar-refractivity contribution < 1.29 is 90.5 Å². The van der Waals surface area contributed by atoms with Crippen molar-refractivity contribution in [3.63, 3.8) is 0 Å². The third kappa shape index (κ3) is 11.4. The lowest BCUT2D eigenvalue weighted by atomic mass is 9.81. The monoisotopic (exact) mass is 1100 g/mol. The Morgan fingerprint density at radius 1 is 0.987 bits per heavy atom. The van der Waals surface area contributed by atoms with E-state index in [4.69, 9.17) is 54.0 Å². The first-order chi connectivity index (χ1) is 37.6. The summed E-state index contributed by atoms with van der Waals surface area (Å²) in [6.07, 6.45) is -4.16. The molecule has 5 heterocycles.